The third kappa shape index (κ3) is 6.47. The van der Waals surface area contributed by atoms with E-state index >= 15 is 0 Å². The van der Waals surface area contributed by atoms with Crippen LogP contribution >= 0.6 is 0 Å². The Labute approximate surface area is 203 Å². The molecule has 0 aliphatic carbocycles. The molecule has 0 radical (unpaired) electrons. The molecule has 1 fully saturated rings. The largest absolute Gasteiger partial charge is 0.476 e. The average Bonchev–Trinajstić information content (AvgIpc) is 3.53. The molecule has 3 aromatic rings. The summed E-state index contributed by atoms with van der Waals surface area (Å²) in [5, 5.41) is 13.6. The van der Waals surface area contributed by atoms with Gasteiger partial charge in [0.15, 0.2) is 5.82 Å². The standard InChI is InChI=1S/C24H30N8O3/c1-17-13-22(30-29-17)26-21-15-23(34-12-9-32-7-10-33-11-8-32)28-24(27-21)25-16-19-14-20(31-35-19)18-5-3-2-4-6-18/h2-6,13-15,20,31H,7-12,16H2,1H3,(H3,25,26,27,28,29,30). The van der Waals surface area contributed by atoms with Crippen LogP contribution in [0.25, 0.3) is 0 Å². The zero-order chi connectivity index (χ0) is 23.9. The maximum absolute atomic E-state index is 5.98. The van der Waals surface area contributed by atoms with Crippen LogP contribution in [0.4, 0.5) is 17.6 Å². The molecule has 2 aliphatic heterocycles. The summed E-state index contributed by atoms with van der Waals surface area (Å²) in [6.07, 6.45) is 2.04. The summed E-state index contributed by atoms with van der Waals surface area (Å²) in [6.45, 7) is 7.05. The third-order valence-corrected chi connectivity index (χ3v) is 5.67. The van der Waals surface area contributed by atoms with Crippen molar-refractivity contribution in [2.45, 2.75) is 13.0 Å². The number of ether oxygens (including phenoxy) is 2. The molecule has 35 heavy (non-hydrogen) atoms. The maximum Gasteiger partial charge on any atom is 0.228 e. The van der Waals surface area contributed by atoms with Gasteiger partial charge in [-0.05, 0) is 18.6 Å². The second-order valence-electron chi connectivity index (χ2n) is 8.37. The minimum absolute atomic E-state index is 0.00362. The number of hydroxylamine groups is 1. The number of nitrogens with one attached hydrogen (secondary N) is 4. The summed E-state index contributed by atoms with van der Waals surface area (Å²) < 4.78 is 11.4. The molecular formula is C24H30N8O3. The van der Waals surface area contributed by atoms with Crippen molar-refractivity contribution in [1.82, 2.24) is 30.5 Å². The first kappa shape index (κ1) is 23.1. The molecule has 5 rings (SSSR count). The first-order valence-electron chi connectivity index (χ1n) is 11.7. The summed E-state index contributed by atoms with van der Waals surface area (Å²) in [5.41, 5.74) is 5.13. The van der Waals surface area contributed by atoms with E-state index < -0.39 is 0 Å². The van der Waals surface area contributed by atoms with Crippen molar-refractivity contribution in [3.8, 4) is 5.88 Å². The zero-order valence-electron chi connectivity index (χ0n) is 19.7. The lowest BCUT2D eigenvalue weighted by Crippen LogP contribution is -2.38. The second kappa shape index (κ2) is 11.2. The van der Waals surface area contributed by atoms with Gasteiger partial charge >= 0.3 is 0 Å². The van der Waals surface area contributed by atoms with Crippen LogP contribution in [0.5, 0.6) is 5.88 Å². The Morgan fingerprint density at radius 3 is 2.77 bits per heavy atom. The quantitative estimate of drug-likeness (QED) is 0.346. The summed E-state index contributed by atoms with van der Waals surface area (Å²) >= 11 is 0. The van der Waals surface area contributed by atoms with Gasteiger partial charge in [-0.1, -0.05) is 30.3 Å². The van der Waals surface area contributed by atoms with Crippen molar-refractivity contribution < 1.29 is 14.3 Å². The maximum atomic E-state index is 5.98. The van der Waals surface area contributed by atoms with Gasteiger partial charge in [0.1, 0.15) is 18.2 Å². The van der Waals surface area contributed by atoms with Crippen molar-refractivity contribution in [2.24, 2.45) is 0 Å². The number of aromatic nitrogens is 4. The Hall–Kier alpha value is -3.67. The van der Waals surface area contributed by atoms with Gasteiger partial charge in [-0.3, -0.25) is 10.00 Å². The topological polar surface area (TPSA) is 121 Å². The lowest BCUT2D eigenvalue weighted by molar-refractivity contribution is 0.0320. The van der Waals surface area contributed by atoms with E-state index in [4.69, 9.17) is 14.3 Å². The molecule has 0 spiro atoms. The van der Waals surface area contributed by atoms with Crippen LogP contribution < -0.4 is 20.9 Å². The first-order valence-corrected chi connectivity index (χ1v) is 11.7. The summed E-state index contributed by atoms with van der Waals surface area (Å²) in [6, 6.07) is 13.8. The van der Waals surface area contributed by atoms with Crippen LogP contribution in [0, 0.1) is 6.92 Å². The molecule has 1 unspecified atom stereocenters. The van der Waals surface area contributed by atoms with Gasteiger partial charge < -0.3 is 24.9 Å². The van der Waals surface area contributed by atoms with Gasteiger partial charge in [0.2, 0.25) is 11.8 Å². The van der Waals surface area contributed by atoms with Crippen LogP contribution in [-0.2, 0) is 9.57 Å². The average molecular weight is 479 g/mol. The minimum Gasteiger partial charge on any atom is -0.476 e. The molecule has 11 nitrogen and oxygen atoms in total. The molecule has 11 heteroatoms. The van der Waals surface area contributed by atoms with Crippen LogP contribution in [0.15, 0.2) is 54.3 Å². The van der Waals surface area contributed by atoms with Crippen molar-refractivity contribution in [1.29, 1.82) is 0 Å². The SMILES string of the molecule is Cc1cc(Nc2cc(OCCN3CCOCC3)nc(NCC3=CC(c4ccccc4)NO3)n2)n[nH]1. The molecule has 1 saturated heterocycles. The third-order valence-electron chi connectivity index (χ3n) is 5.67. The summed E-state index contributed by atoms with van der Waals surface area (Å²) in [5.74, 6) is 2.92. The number of aryl methyl sites for hydroxylation is 1. The number of morpholine rings is 1. The number of aromatic amines is 1. The van der Waals surface area contributed by atoms with Gasteiger partial charge in [-0.25, -0.2) is 0 Å². The fourth-order valence-electron chi connectivity index (χ4n) is 3.84. The Morgan fingerprint density at radius 2 is 1.97 bits per heavy atom. The predicted molar refractivity (Wildman–Crippen MR) is 131 cm³/mol. The van der Waals surface area contributed by atoms with Gasteiger partial charge in [0.25, 0.3) is 0 Å². The van der Waals surface area contributed by atoms with Gasteiger partial charge in [-0.15, -0.1) is 5.48 Å². The van der Waals surface area contributed by atoms with Crippen molar-refractivity contribution in [2.75, 3.05) is 56.6 Å². The Balaban J connectivity index is 1.24. The Bertz CT molecular complexity index is 1130. The van der Waals surface area contributed by atoms with Gasteiger partial charge in [0, 0.05) is 37.5 Å². The fraction of sp³-hybridized carbons (Fsp3) is 0.375. The predicted octanol–water partition coefficient (Wildman–Crippen LogP) is 2.53. The summed E-state index contributed by atoms with van der Waals surface area (Å²) in [4.78, 5) is 17.1. The molecule has 4 heterocycles. The molecule has 184 valence electrons. The molecule has 2 aliphatic rings. The van der Waals surface area contributed by atoms with Crippen LogP contribution in [0.2, 0.25) is 0 Å². The highest BCUT2D eigenvalue weighted by molar-refractivity contribution is 5.55. The number of anilines is 3. The second-order valence-corrected chi connectivity index (χ2v) is 8.37. The van der Waals surface area contributed by atoms with E-state index in [1.54, 1.807) is 6.07 Å². The molecule has 0 saturated carbocycles. The monoisotopic (exact) mass is 478 g/mol. The minimum atomic E-state index is 0.00362. The molecule has 4 N–H and O–H groups in total. The highest BCUT2D eigenvalue weighted by Gasteiger charge is 2.19. The van der Waals surface area contributed by atoms with E-state index in [1.807, 2.05) is 37.3 Å². The van der Waals surface area contributed by atoms with E-state index in [0.29, 0.717) is 36.6 Å². The molecule has 0 bridgehead atoms. The van der Waals surface area contributed by atoms with Gasteiger partial charge in [0.05, 0.1) is 25.8 Å². The fourth-order valence-corrected chi connectivity index (χ4v) is 3.84. The van der Waals surface area contributed by atoms with Gasteiger partial charge in [-0.2, -0.15) is 15.1 Å². The number of hydrogen-bond donors (Lipinski definition) is 4. The molecule has 0 amide bonds. The van der Waals surface area contributed by atoms with E-state index in [-0.39, 0.29) is 6.04 Å². The number of rotatable bonds is 10. The normalized spacial score (nSPS) is 18.1. The van der Waals surface area contributed by atoms with Crippen molar-refractivity contribution in [3.05, 3.63) is 65.6 Å². The first-order chi connectivity index (χ1) is 17.2. The molecular weight excluding hydrogens is 448 g/mol. The zero-order valence-corrected chi connectivity index (χ0v) is 19.7. The van der Waals surface area contributed by atoms with E-state index in [0.717, 1.165) is 49.9 Å². The lowest BCUT2D eigenvalue weighted by atomic mass is 10.1. The Kier molecular flexibility index (Phi) is 7.37. The molecule has 1 aromatic carbocycles. The number of H-pyrrole nitrogens is 1. The van der Waals surface area contributed by atoms with Crippen LogP contribution in [0.3, 0.4) is 0 Å². The smallest absolute Gasteiger partial charge is 0.228 e. The Morgan fingerprint density at radius 1 is 1.11 bits per heavy atom. The van der Waals surface area contributed by atoms with Crippen LogP contribution in [-0.4, -0.2) is 71.1 Å². The van der Waals surface area contributed by atoms with Crippen LogP contribution in [0.1, 0.15) is 17.3 Å². The molecule has 1 atom stereocenters. The van der Waals surface area contributed by atoms with E-state index in [2.05, 4.69) is 53.3 Å². The number of hydrogen-bond acceptors (Lipinski definition) is 10. The summed E-state index contributed by atoms with van der Waals surface area (Å²) in [7, 11) is 0. The number of nitrogens with zero attached hydrogens (tertiary/aromatic N) is 4. The number of benzene rings is 1. The highest BCUT2D eigenvalue weighted by Crippen LogP contribution is 2.23. The molecule has 2 aromatic heterocycles. The van der Waals surface area contributed by atoms with Crippen molar-refractivity contribution >= 4 is 17.6 Å². The van der Waals surface area contributed by atoms with Crippen molar-refractivity contribution in [3.63, 3.8) is 0 Å². The van der Waals surface area contributed by atoms with E-state index in [1.165, 1.54) is 0 Å². The lowest BCUT2D eigenvalue weighted by Gasteiger charge is -2.26. The highest BCUT2D eigenvalue weighted by atomic mass is 16.7. The van der Waals surface area contributed by atoms with E-state index in [9.17, 15) is 0 Å².